The molecule has 0 spiro atoms. The summed E-state index contributed by atoms with van der Waals surface area (Å²) in [5.74, 6) is -1.36. The molecule has 0 bridgehead atoms. The fourth-order valence-electron chi connectivity index (χ4n) is 11.0. The number of aliphatic hydroxyl groups excluding tert-OH is 1. The molecule has 0 amide bonds. The number of ether oxygens (including phenoxy) is 4. The molecule has 0 rings (SSSR count). The van der Waals surface area contributed by atoms with E-state index >= 15 is 0 Å². The lowest BCUT2D eigenvalue weighted by Crippen LogP contribution is -2.30. The number of rotatable bonds is 72. The summed E-state index contributed by atoms with van der Waals surface area (Å²) in [7, 11) is -9.90. The monoisotopic (exact) mass is 1340 g/mol. The molecule has 0 aliphatic carbocycles. The van der Waals surface area contributed by atoms with Crippen molar-refractivity contribution >= 4 is 39.5 Å². The Balaban J connectivity index is 5.26. The second-order valence-electron chi connectivity index (χ2n) is 26.5. The van der Waals surface area contributed by atoms with Crippen LogP contribution in [0.3, 0.4) is 0 Å². The quantitative estimate of drug-likeness (QED) is 0.0222. The predicted octanol–water partition coefficient (Wildman–Crippen LogP) is 20.9. The van der Waals surface area contributed by atoms with Gasteiger partial charge < -0.3 is 33.8 Å². The van der Waals surface area contributed by atoms with Crippen molar-refractivity contribution in [1.29, 1.82) is 0 Å². The standard InChI is InChI=1S/C72H140O17P2/c1-6-9-12-15-18-21-24-27-28-31-38-43-48-53-58-72(77)89-68(62-83-70(75)56-51-46-41-36-33-32-34-39-44-49-54-65(4)5)64-87-91(80,81)85-60-66(73)59-84-90(78,79)86-63-67(88-71(76)57-52-47-42-37-30-26-23-20-17-14-11-8-3)61-82-69(74)55-50-45-40-35-29-25-22-19-16-13-10-7-2/h65-68,73H,6-64H2,1-5H3,(H,78,79)(H,80,81)/t66-,67+,68+/m0/s1. The van der Waals surface area contributed by atoms with Gasteiger partial charge in [0.05, 0.1) is 26.4 Å². The summed E-state index contributed by atoms with van der Waals surface area (Å²) >= 11 is 0. The zero-order valence-corrected chi connectivity index (χ0v) is 60.8. The van der Waals surface area contributed by atoms with Crippen LogP contribution < -0.4 is 0 Å². The molecule has 0 saturated carbocycles. The van der Waals surface area contributed by atoms with Gasteiger partial charge in [-0.3, -0.25) is 37.3 Å². The zero-order chi connectivity index (χ0) is 67.0. The minimum Gasteiger partial charge on any atom is -0.462 e. The van der Waals surface area contributed by atoms with E-state index in [1.807, 2.05) is 0 Å². The summed E-state index contributed by atoms with van der Waals surface area (Å²) in [4.78, 5) is 72.7. The molecule has 0 aliphatic heterocycles. The maximum Gasteiger partial charge on any atom is 0.472 e. The number of phosphoric ester groups is 2. The summed E-state index contributed by atoms with van der Waals surface area (Å²) in [6.45, 7) is 7.26. The molecule has 0 aromatic rings. The Labute approximate surface area is 556 Å². The van der Waals surface area contributed by atoms with E-state index in [9.17, 15) is 43.2 Å². The maximum atomic E-state index is 13.0. The fourth-order valence-corrected chi connectivity index (χ4v) is 12.6. The SMILES string of the molecule is CCCCCCCCCCCCCCCCC(=O)O[C@H](COC(=O)CCCCCCCCCCCCC(C)C)COP(=O)(O)OC[C@@H](O)COP(=O)(O)OC[C@@H](COC(=O)CCCCCCCCCCCCCC)OC(=O)CCCCCCCCCCCCCC. The third-order valence-electron chi connectivity index (χ3n) is 16.8. The number of hydrogen-bond donors (Lipinski definition) is 3. The summed E-state index contributed by atoms with van der Waals surface area (Å²) in [6.07, 6.45) is 52.5. The summed E-state index contributed by atoms with van der Waals surface area (Å²) in [5.41, 5.74) is 0. The first-order valence-corrected chi connectivity index (χ1v) is 40.6. The van der Waals surface area contributed by atoms with Gasteiger partial charge in [0.25, 0.3) is 0 Å². The number of aliphatic hydroxyl groups is 1. The van der Waals surface area contributed by atoms with Crippen LogP contribution in [0.5, 0.6) is 0 Å². The van der Waals surface area contributed by atoms with Gasteiger partial charge in [0.2, 0.25) is 0 Å². The molecule has 0 aromatic carbocycles. The van der Waals surface area contributed by atoms with Crippen molar-refractivity contribution < 1.29 is 80.2 Å². The maximum absolute atomic E-state index is 13.0. The lowest BCUT2D eigenvalue weighted by atomic mass is 10.0. The van der Waals surface area contributed by atoms with Crippen LogP contribution in [0.1, 0.15) is 375 Å². The van der Waals surface area contributed by atoms with Crippen LogP contribution in [0.15, 0.2) is 0 Å². The number of unbranched alkanes of at least 4 members (excludes halogenated alkanes) is 44. The molecule has 0 aliphatic rings. The van der Waals surface area contributed by atoms with Gasteiger partial charge in [-0.1, -0.05) is 324 Å². The number of carbonyl (C=O) groups is 4. The molecule has 91 heavy (non-hydrogen) atoms. The average Bonchev–Trinajstić information content (AvgIpc) is 3.53. The van der Waals surface area contributed by atoms with Gasteiger partial charge in [0.15, 0.2) is 12.2 Å². The van der Waals surface area contributed by atoms with Crippen LogP contribution in [0.2, 0.25) is 0 Å². The summed E-state index contributed by atoms with van der Waals surface area (Å²) < 4.78 is 68.4. The van der Waals surface area contributed by atoms with Gasteiger partial charge in [0.1, 0.15) is 19.3 Å². The highest BCUT2D eigenvalue weighted by molar-refractivity contribution is 7.47. The summed E-state index contributed by atoms with van der Waals surface area (Å²) in [6, 6.07) is 0. The van der Waals surface area contributed by atoms with Crippen LogP contribution in [0, 0.1) is 5.92 Å². The van der Waals surface area contributed by atoms with Crippen molar-refractivity contribution in [3.8, 4) is 0 Å². The van der Waals surface area contributed by atoms with E-state index in [1.54, 1.807) is 0 Å². The molecule has 0 radical (unpaired) electrons. The second kappa shape index (κ2) is 65.4. The second-order valence-corrected chi connectivity index (χ2v) is 29.4. The third-order valence-corrected chi connectivity index (χ3v) is 18.7. The van der Waals surface area contributed by atoms with Crippen LogP contribution in [-0.2, 0) is 65.4 Å². The largest absolute Gasteiger partial charge is 0.472 e. The van der Waals surface area contributed by atoms with Crippen molar-refractivity contribution in [3.05, 3.63) is 0 Å². The number of carbonyl (C=O) groups excluding carboxylic acids is 4. The number of phosphoric acid groups is 2. The molecule has 540 valence electrons. The first-order valence-electron chi connectivity index (χ1n) is 37.6. The Kier molecular flexibility index (Phi) is 64.0. The molecule has 19 heteroatoms. The predicted molar refractivity (Wildman–Crippen MR) is 368 cm³/mol. The average molecular weight is 1340 g/mol. The van der Waals surface area contributed by atoms with Gasteiger partial charge in [-0.05, 0) is 31.6 Å². The van der Waals surface area contributed by atoms with Gasteiger partial charge in [-0.2, -0.15) is 0 Å². The van der Waals surface area contributed by atoms with E-state index in [1.165, 1.54) is 199 Å². The number of hydrogen-bond acceptors (Lipinski definition) is 15. The van der Waals surface area contributed by atoms with Crippen LogP contribution in [-0.4, -0.2) is 96.7 Å². The lowest BCUT2D eigenvalue weighted by Gasteiger charge is -2.21. The van der Waals surface area contributed by atoms with Gasteiger partial charge in [-0.15, -0.1) is 0 Å². The van der Waals surface area contributed by atoms with E-state index in [4.69, 9.17) is 37.0 Å². The zero-order valence-electron chi connectivity index (χ0n) is 59.0. The van der Waals surface area contributed by atoms with Crippen LogP contribution in [0.25, 0.3) is 0 Å². The molecule has 0 fully saturated rings. The minimum absolute atomic E-state index is 0.108. The van der Waals surface area contributed by atoms with E-state index < -0.39 is 97.5 Å². The molecule has 3 N–H and O–H groups in total. The molecule has 5 atom stereocenters. The number of esters is 4. The van der Waals surface area contributed by atoms with E-state index in [-0.39, 0.29) is 25.7 Å². The van der Waals surface area contributed by atoms with Crippen LogP contribution >= 0.6 is 15.6 Å². The molecule has 17 nitrogen and oxygen atoms in total. The molecular weight excluding hydrogens is 1200 g/mol. The van der Waals surface area contributed by atoms with Gasteiger partial charge in [-0.25, -0.2) is 9.13 Å². The molecule has 2 unspecified atom stereocenters. The first kappa shape index (κ1) is 89.1. The summed E-state index contributed by atoms with van der Waals surface area (Å²) in [5, 5.41) is 10.6. The molecular formula is C72H140O17P2. The van der Waals surface area contributed by atoms with E-state index in [2.05, 4.69) is 34.6 Å². The first-order chi connectivity index (χ1) is 44.0. The highest BCUT2D eigenvalue weighted by Gasteiger charge is 2.30. The van der Waals surface area contributed by atoms with Crippen LogP contribution in [0.4, 0.5) is 0 Å². The van der Waals surface area contributed by atoms with Crippen molar-refractivity contribution in [3.63, 3.8) is 0 Å². The smallest absolute Gasteiger partial charge is 0.462 e. The van der Waals surface area contributed by atoms with E-state index in [0.717, 1.165) is 95.8 Å². The van der Waals surface area contributed by atoms with E-state index in [0.29, 0.717) is 25.7 Å². The molecule has 0 aromatic heterocycles. The van der Waals surface area contributed by atoms with Crippen molar-refractivity contribution in [2.24, 2.45) is 5.92 Å². The van der Waals surface area contributed by atoms with Crippen molar-refractivity contribution in [1.82, 2.24) is 0 Å². The Morgan fingerprint density at radius 3 is 0.747 bits per heavy atom. The Bertz CT molecular complexity index is 1750. The normalized spacial score (nSPS) is 14.0. The van der Waals surface area contributed by atoms with Gasteiger partial charge >= 0.3 is 39.5 Å². The Hall–Kier alpha value is -1.94. The lowest BCUT2D eigenvalue weighted by molar-refractivity contribution is -0.161. The highest BCUT2D eigenvalue weighted by Crippen LogP contribution is 2.45. The van der Waals surface area contributed by atoms with Crippen molar-refractivity contribution in [2.45, 2.75) is 393 Å². The van der Waals surface area contributed by atoms with Gasteiger partial charge in [0, 0.05) is 25.7 Å². The Morgan fingerprint density at radius 2 is 0.505 bits per heavy atom. The third kappa shape index (κ3) is 66.5. The minimum atomic E-state index is -4.95. The molecule has 0 heterocycles. The van der Waals surface area contributed by atoms with Crippen molar-refractivity contribution in [2.75, 3.05) is 39.6 Å². The highest BCUT2D eigenvalue weighted by atomic mass is 31.2. The topological polar surface area (TPSA) is 237 Å². The fraction of sp³-hybridized carbons (Fsp3) is 0.944. The Morgan fingerprint density at radius 1 is 0.297 bits per heavy atom. The molecule has 0 saturated heterocycles.